The van der Waals surface area contributed by atoms with Crippen LogP contribution in [0.15, 0.2) is 24.3 Å². The van der Waals surface area contributed by atoms with E-state index in [1.807, 2.05) is 38.1 Å². The van der Waals surface area contributed by atoms with E-state index in [1.165, 1.54) is 0 Å². The van der Waals surface area contributed by atoms with Gasteiger partial charge >= 0.3 is 6.03 Å². The molecule has 6 nitrogen and oxygen atoms in total. The van der Waals surface area contributed by atoms with Gasteiger partial charge in [-0.15, -0.1) is 0 Å². The summed E-state index contributed by atoms with van der Waals surface area (Å²) in [6.45, 7) is 4.92. The highest BCUT2D eigenvalue weighted by Gasteiger charge is 2.31. The lowest BCUT2D eigenvalue weighted by Gasteiger charge is -2.21. The fraction of sp³-hybridized carbons (Fsp3) is 0.500. The highest BCUT2D eigenvalue weighted by Crippen LogP contribution is 2.14. The van der Waals surface area contributed by atoms with Crippen LogP contribution in [0, 0.1) is 0 Å². The van der Waals surface area contributed by atoms with Crippen LogP contribution in [-0.4, -0.2) is 40.6 Å². The van der Waals surface area contributed by atoms with Gasteiger partial charge in [-0.3, -0.25) is 4.79 Å². The van der Waals surface area contributed by atoms with Crippen molar-refractivity contribution >= 4 is 11.9 Å². The Hall–Kier alpha value is -2.08. The van der Waals surface area contributed by atoms with Crippen molar-refractivity contribution in [2.75, 3.05) is 6.54 Å². The van der Waals surface area contributed by atoms with Crippen molar-refractivity contribution < 1.29 is 14.7 Å². The number of urea groups is 1. The van der Waals surface area contributed by atoms with Gasteiger partial charge in [0.05, 0.1) is 12.6 Å². The van der Waals surface area contributed by atoms with Gasteiger partial charge in [0.25, 0.3) is 0 Å². The Kier molecular flexibility index (Phi) is 5.38. The average molecular weight is 305 g/mol. The molecular formula is C16H23N3O3. The van der Waals surface area contributed by atoms with Crippen molar-refractivity contribution in [3.8, 4) is 0 Å². The van der Waals surface area contributed by atoms with Gasteiger partial charge in [-0.25, -0.2) is 4.79 Å². The summed E-state index contributed by atoms with van der Waals surface area (Å²) >= 11 is 0. The normalized spacial score (nSPS) is 17.9. The first-order valence-electron chi connectivity index (χ1n) is 7.52. The molecule has 0 bridgehead atoms. The Bertz CT molecular complexity index is 528. The van der Waals surface area contributed by atoms with Crippen molar-refractivity contribution in [1.29, 1.82) is 0 Å². The molecule has 1 unspecified atom stereocenters. The van der Waals surface area contributed by atoms with Crippen molar-refractivity contribution in [2.24, 2.45) is 0 Å². The summed E-state index contributed by atoms with van der Waals surface area (Å²) in [4.78, 5) is 25.4. The number of hydrogen-bond acceptors (Lipinski definition) is 3. The van der Waals surface area contributed by atoms with E-state index in [4.69, 9.17) is 5.11 Å². The molecule has 120 valence electrons. The first kappa shape index (κ1) is 16.3. The molecule has 1 saturated heterocycles. The molecule has 3 N–H and O–H groups in total. The quantitative estimate of drug-likeness (QED) is 0.758. The molecule has 1 atom stereocenters. The van der Waals surface area contributed by atoms with Crippen LogP contribution in [-0.2, 0) is 17.9 Å². The molecule has 1 fully saturated rings. The number of amides is 3. The first-order valence-corrected chi connectivity index (χ1v) is 7.52. The smallest absolute Gasteiger partial charge is 0.315 e. The van der Waals surface area contributed by atoms with Crippen LogP contribution in [0.4, 0.5) is 4.79 Å². The molecule has 1 aromatic rings. The molecule has 3 amide bonds. The van der Waals surface area contributed by atoms with Crippen LogP contribution in [0.25, 0.3) is 0 Å². The van der Waals surface area contributed by atoms with Gasteiger partial charge in [0.2, 0.25) is 5.91 Å². The monoisotopic (exact) mass is 305 g/mol. The fourth-order valence-corrected chi connectivity index (χ4v) is 2.51. The van der Waals surface area contributed by atoms with Crippen LogP contribution in [0.2, 0.25) is 0 Å². The Labute approximate surface area is 130 Å². The maximum absolute atomic E-state index is 11.9. The molecule has 6 heteroatoms. The van der Waals surface area contributed by atoms with Gasteiger partial charge in [-0.05, 0) is 25.0 Å². The SMILES string of the molecule is CC(C)N1CC(NC(=O)NCc2ccc(CO)cc2)CC1=O. The molecule has 22 heavy (non-hydrogen) atoms. The zero-order chi connectivity index (χ0) is 16.1. The molecule has 0 radical (unpaired) electrons. The molecule has 1 heterocycles. The van der Waals surface area contributed by atoms with E-state index in [1.54, 1.807) is 4.90 Å². The number of carbonyl (C=O) groups excluding carboxylic acids is 2. The van der Waals surface area contributed by atoms with Gasteiger partial charge in [0.1, 0.15) is 0 Å². The highest BCUT2D eigenvalue weighted by atomic mass is 16.3. The molecule has 1 aliphatic heterocycles. The van der Waals surface area contributed by atoms with E-state index < -0.39 is 0 Å². The lowest BCUT2D eigenvalue weighted by molar-refractivity contribution is -0.129. The van der Waals surface area contributed by atoms with Gasteiger partial charge in [0, 0.05) is 25.6 Å². The predicted molar refractivity (Wildman–Crippen MR) is 83.0 cm³/mol. The second-order valence-electron chi connectivity index (χ2n) is 5.84. The number of benzene rings is 1. The number of likely N-dealkylation sites (tertiary alicyclic amines) is 1. The number of rotatable bonds is 5. The highest BCUT2D eigenvalue weighted by molar-refractivity contribution is 5.81. The van der Waals surface area contributed by atoms with Crippen LogP contribution in [0.1, 0.15) is 31.4 Å². The molecule has 2 rings (SSSR count). The summed E-state index contributed by atoms with van der Waals surface area (Å²) in [5.41, 5.74) is 1.80. The minimum absolute atomic E-state index is 0.0102. The van der Waals surface area contributed by atoms with Gasteiger partial charge in [0.15, 0.2) is 0 Å². The second kappa shape index (κ2) is 7.26. The molecule has 0 aliphatic carbocycles. The zero-order valence-electron chi connectivity index (χ0n) is 13.0. The summed E-state index contributed by atoms with van der Waals surface area (Å²) in [7, 11) is 0. The summed E-state index contributed by atoms with van der Waals surface area (Å²) in [6, 6.07) is 7.14. The maximum atomic E-state index is 11.9. The minimum Gasteiger partial charge on any atom is -0.392 e. The second-order valence-corrected chi connectivity index (χ2v) is 5.84. The summed E-state index contributed by atoms with van der Waals surface area (Å²) < 4.78 is 0. The summed E-state index contributed by atoms with van der Waals surface area (Å²) in [5.74, 6) is 0.0832. The Morgan fingerprint density at radius 1 is 1.32 bits per heavy atom. The van der Waals surface area contributed by atoms with Crippen LogP contribution in [0.3, 0.4) is 0 Å². The third kappa shape index (κ3) is 4.21. The van der Waals surface area contributed by atoms with E-state index in [2.05, 4.69) is 10.6 Å². The van der Waals surface area contributed by atoms with Crippen LogP contribution in [0.5, 0.6) is 0 Å². The Morgan fingerprint density at radius 2 is 1.95 bits per heavy atom. The molecule has 0 spiro atoms. The van der Waals surface area contributed by atoms with E-state index in [-0.39, 0.29) is 30.6 Å². The molecule has 0 aromatic heterocycles. The largest absolute Gasteiger partial charge is 0.392 e. The van der Waals surface area contributed by atoms with E-state index in [0.29, 0.717) is 19.5 Å². The van der Waals surface area contributed by atoms with Gasteiger partial charge in [-0.2, -0.15) is 0 Å². The van der Waals surface area contributed by atoms with E-state index in [9.17, 15) is 9.59 Å². The standard InChI is InChI=1S/C16H23N3O3/c1-11(2)19-9-14(7-15(19)21)18-16(22)17-8-12-3-5-13(10-20)6-4-12/h3-6,11,14,20H,7-10H2,1-2H3,(H2,17,18,22). The van der Waals surface area contributed by atoms with Gasteiger partial charge in [-0.1, -0.05) is 24.3 Å². The number of aliphatic hydroxyl groups excluding tert-OH is 1. The summed E-state index contributed by atoms with van der Waals surface area (Å²) in [5, 5.41) is 14.6. The zero-order valence-corrected chi connectivity index (χ0v) is 13.0. The molecular weight excluding hydrogens is 282 g/mol. The first-order chi connectivity index (χ1) is 10.5. The van der Waals surface area contributed by atoms with Crippen LogP contribution >= 0.6 is 0 Å². The van der Waals surface area contributed by atoms with Gasteiger partial charge < -0.3 is 20.6 Å². The topological polar surface area (TPSA) is 81.7 Å². The number of nitrogens with one attached hydrogen (secondary N) is 2. The number of aliphatic hydroxyl groups is 1. The van der Waals surface area contributed by atoms with Crippen molar-refractivity contribution in [3.05, 3.63) is 35.4 Å². The Balaban J connectivity index is 1.77. The number of carbonyl (C=O) groups is 2. The van der Waals surface area contributed by atoms with Crippen molar-refractivity contribution in [3.63, 3.8) is 0 Å². The third-order valence-electron chi connectivity index (χ3n) is 3.78. The molecule has 1 aromatic carbocycles. The molecule has 1 aliphatic rings. The van der Waals surface area contributed by atoms with E-state index in [0.717, 1.165) is 11.1 Å². The maximum Gasteiger partial charge on any atom is 0.315 e. The fourth-order valence-electron chi connectivity index (χ4n) is 2.51. The number of nitrogens with zero attached hydrogens (tertiary/aromatic N) is 1. The lowest BCUT2D eigenvalue weighted by Crippen LogP contribution is -2.43. The Morgan fingerprint density at radius 3 is 2.50 bits per heavy atom. The minimum atomic E-state index is -0.269. The average Bonchev–Trinajstić information content (AvgIpc) is 2.86. The predicted octanol–water partition coefficient (Wildman–Crippen LogP) is 0.987. The van der Waals surface area contributed by atoms with Crippen molar-refractivity contribution in [2.45, 2.75) is 45.5 Å². The van der Waals surface area contributed by atoms with E-state index >= 15 is 0 Å². The number of hydrogen-bond donors (Lipinski definition) is 3. The lowest BCUT2D eigenvalue weighted by atomic mass is 10.1. The third-order valence-corrected chi connectivity index (χ3v) is 3.78. The molecule has 0 saturated carbocycles. The van der Waals surface area contributed by atoms with Crippen molar-refractivity contribution in [1.82, 2.24) is 15.5 Å². The van der Waals surface area contributed by atoms with Crippen LogP contribution < -0.4 is 10.6 Å². The summed E-state index contributed by atoms with van der Waals surface area (Å²) in [6.07, 6.45) is 0.358.